The Morgan fingerprint density at radius 2 is 2.12 bits per heavy atom. The number of aromatic nitrogens is 2. The smallest absolute Gasteiger partial charge is 0.268 e. The quantitative estimate of drug-likeness (QED) is 0.777. The van der Waals surface area contributed by atoms with Crippen molar-refractivity contribution in [3.63, 3.8) is 0 Å². The lowest BCUT2D eigenvalue weighted by Crippen LogP contribution is -2.38. The molecule has 1 fully saturated rings. The average molecular weight is 251 g/mol. The van der Waals surface area contributed by atoms with Gasteiger partial charge in [-0.15, -0.1) is 0 Å². The van der Waals surface area contributed by atoms with Crippen LogP contribution in [0.4, 0.5) is 0 Å². The van der Waals surface area contributed by atoms with Crippen molar-refractivity contribution >= 4 is 11.8 Å². The molecular weight excluding hydrogens is 234 g/mol. The summed E-state index contributed by atoms with van der Waals surface area (Å²) in [7, 11) is 0. The molecule has 0 N–H and O–H groups in total. The fraction of sp³-hybridized carbons (Fsp3) is 0.667. The standard InChI is InChI=1S/C12H17N3OS/c16-12-8-10-2-1-3-11(10)13-15(12)9-14-4-6-17-7-5-14/h8H,1-7,9H2. The summed E-state index contributed by atoms with van der Waals surface area (Å²) in [5, 5.41) is 4.50. The fourth-order valence-corrected chi connectivity index (χ4v) is 3.45. The third-order valence-electron chi connectivity index (χ3n) is 3.46. The zero-order valence-electron chi connectivity index (χ0n) is 9.89. The molecular formula is C12H17N3OS. The van der Waals surface area contributed by atoms with Crippen LogP contribution in [0.3, 0.4) is 0 Å². The van der Waals surface area contributed by atoms with E-state index in [1.54, 1.807) is 10.7 Å². The second-order valence-electron chi connectivity index (χ2n) is 4.68. The average Bonchev–Trinajstić information content (AvgIpc) is 2.78. The molecule has 5 heteroatoms. The minimum Gasteiger partial charge on any atom is -0.283 e. The summed E-state index contributed by atoms with van der Waals surface area (Å²) in [4.78, 5) is 14.2. The van der Waals surface area contributed by atoms with Gasteiger partial charge in [0.2, 0.25) is 0 Å². The van der Waals surface area contributed by atoms with Crippen LogP contribution < -0.4 is 5.56 Å². The number of thioether (sulfide) groups is 1. The highest BCUT2D eigenvalue weighted by atomic mass is 32.2. The lowest BCUT2D eigenvalue weighted by molar-refractivity contribution is 0.222. The van der Waals surface area contributed by atoms with Gasteiger partial charge in [-0.25, -0.2) is 4.68 Å². The number of nitrogens with zero attached hydrogens (tertiary/aromatic N) is 3. The van der Waals surface area contributed by atoms with Crippen molar-refractivity contribution in [3.05, 3.63) is 27.7 Å². The topological polar surface area (TPSA) is 38.1 Å². The van der Waals surface area contributed by atoms with Gasteiger partial charge in [0, 0.05) is 30.7 Å². The van der Waals surface area contributed by atoms with Crippen LogP contribution in [0.5, 0.6) is 0 Å². The first kappa shape index (κ1) is 11.3. The van der Waals surface area contributed by atoms with Crippen molar-refractivity contribution in [1.82, 2.24) is 14.7 Å². The van der Waals surface area contributed by atoms with E-state index in [0.717, 1.165) is 38.0 Å². The molecule has 0 bridgehead atoms. The van der Waals surface area contributed by atoms with Crippen LogP contribution in [0, 0.1) is 0 Å². The maximum Gasteiger partial charge on any atom is 0.268 e. The second kappa shape index (κ2) is 4.82. The molecule has 0 saturated carbocycles. The van der Waals surface area contributed by atoms with Gasteiger partial charge in [0.25, 0.3) is 5.56 Å². The summed E-state index contributed by atoms with van der Waals surface area (Å²) in [5.74, 6) is 2.33. The van der Waals surface area contributed by atoms with E-state index < -0.39 is 0 Å². The highest BCUT2D eigenvalue weighted by molar-refractivity contribution is 7.99. The molecule has 0 radical (unpaired) electrons. The molecule has 2 heterocycles. The van der Waals surface area contributed by atoms with Gasteiger partial charge in [0.15, 0.2) is 0 Å². The third kappa shape index (κ3) is 2.40. The lowest BCUT2D eigenvalue weighted by Gasteiger charge is -2.26. The summed E-state index contributed by atoms with van der Waals surface area (Å²) in [6, 6.07) is 1.79. The van der Waals surface area contributed by atoms with Crippen molar-refractivity contribution in [1.29, 1.82) is 0 Å². The van der Waals surface area contributed by atoms with Gasteiger partial charge >= 0.3 is 0 Å². The van der Waals surface area contributed by atoms with Crippen LogP contribution in [0.2, 0.25) is 0 Å². The molecule has 4 nitrogen and oxygen atoms in total. The summed E-state index contributed by atoms with van der Waals surface area (Å²) < 4.78 is 1.64. The van der Waals surface area contributed by atoms with Crippen molar-refractivity contribution in [3.8, 4) is 0 Å². The molecule has 1 saturated heterocycles. The van der Waals surface area contributed by atoms with Crippen molar-refractivity contribution in [2.75, 3.05) is 24.6 Å². The van der Waals surface area contributed by atoms with Crippen LogP contribution in [-0.4, -0.2) is 39.3 Å². The molecule has 1 aromatic heterocycles. The van der Waals surface area contributed by atoms with Gasteiger partial charge < -0.3 is 0 Å². The summed E-state index contributed by atoms with van der Waals surface area (Å²) in [6.45, 7) is 2.79. The Hall–Kier alpha value is -0.810. The number of rotatable bonds is 2. The van der Waals surface area contributed by atoms with Gasteiger partial charge in [-0.3, -0.25) is 9.69 Å². The van der Waals surface area contributed by atoms with E-state index >= 15 is 0 Å². The molecule has 0 spiro atoms. The van der Waals surface area contributed by atoms with Crippen molar-refractivity contribution in [2.24, 2.45) is 0 Å². The monoisotopic (exact) mass is 251 g/mol. The maximum absolute atomic E-state index is 11.9. The number of fused-ring (bicyclic) bond motifs is 1. The Balaban J connectivity index is 1.80. The van der Waals surface area contributed by atoms with Crippen molar-refractivity contribution in [2.45, 2.75) is 25.9 Å². The first-order valence-corrected chi connectivity index (χ1v) is 7.38. The SMILES string of the molecule is O=c1cc2c(nn1CN1CCSCC1)CCC2. The largest absolute Gasteiger partial charge is 0.283 e. The third-order valence-corrected chi connectivity index (χ3v) is 4.40. The maximum atomic E-state index is 11.9. The highest BCUT2D eigenvalue weighted by Gasteiger charge is 2.16. The Morgan fingerprint density at radius 3 is 2.94 bits per heavy atom. The molecule has 92 valence electrons. The molecule has 0 atom stereocenters. The molecule has 0 aromatic carbocycles. The van der Waals surface area contributed by atoms with E-state index in [1.807, 2.05) is 11.8 Å². The second-order valence-corrected chi connectivity index (χ2v) is 5.90. The zero-order chi connectivity index (χ0) is 11.7. The minimum absolute atomic E-state index is 0.0591. The highest BCUT2D eigenvalue weighted by Crippen LogP contribution is 2.17. The minimum atomic E-state index is 0.0591. The van der Waals surface area contributed by atoms with Gasteiger partial charge in [0.1, 0.15) is 0 Å². The van der Waals surface area contributed by atoms with Crippen molar-refractivity contribution < 1.29 is 0 Å². The zero-order valence-corrected chi connectivity index (χ0v) is 10.7. The summed E-state index contributed by atoms with van der Waals surface area (Å²) >= 11 is 1.98. The van der Waals surface area contributed by atoms with E-state index in [1.165, 1.54) is 17.1 Å². The summed E-state index contributed by atoms with van der Waals surface area (Å²) in [6.07, 6.45) is 3.20. The van der Waals surface area contributed by atoms with E-state index in [-0.39, 0.29) is 5.56 Å². The predicted octanol–water partition coefficient (Wildman–Crippen LogP) is 0.738. The van der Waals surface area contributed by atoms with E-state index in [2.05, 4.69) is 10.00 Å². The molecule has 0 unspecified atom stereocenters. The molecule has 1 aromatic rings. The lowest BCUT2D eigenvalue weighted by atomic mass is 10.2. The normalized spacial score (nSPS) is 20.5. The number of hydrogen-bond donors (Lipinski definition) is 0. The predicted molar refractivity (Wildman–Crippen MR) is 69.4 cm³/mol. The Labute approximate surface area is 105 Å². The van der Waals surface area contributed by atoms with E-state index in [0.29, 0.717) is 6.67 Å². The molecule has 1 aliphatic carbocycles. The molecule has 17 heavy (non-hydrogen) atoms. The van der Waals surface area contributed by atoms with E-state index in [4.69, 9.17) is 0 Å². The van der Waals surface area contributed by atoms with Crippen LogP contribution in [0.1, 0.15) is 17.7 Å². The van der Waals surface area contributed by atoms with Gasteiger partial charge in [-0.05, 0) is 24.8 Å². The Bertz CT molecular complexity index is 465. The first-order chi connectivity index (χ1) is 8.33. The van der Waals surface area contributed by atoms with Gasteiger partial charge in [-0.2, -0.15) is 16.9 Å². The molecule has 0 amide bonds. The first-order valence-electron chi connectivity index (χ1n) is 6.23. The van der Waals surface area contributed by atoms with Crippen LogP contribution in [0.25, 0.3) is 0 Å². The fourth-order valence-electron chi connectivity index (χ4n) is 2.47. The van der Waals surface area contributed by atoms with E-state index in [9.17, 15) is 4.79 Å². The number of aryl methyl sites for hydroxylation is 2. The number of hydrogen-bond acceptors (Lipinski definition) is 4. The Kier molecular flexibility index (Phi) is 3.20. The van der Waals surface area contributed by atoms with Crippen LogP contribution in [0.15, 0.2) is 10.9 Å². The summed E-state index contributed by atoms with van der Waals surface area (Å²) in [5.41, 5.74) is 2.36. The molecule has 1 aliphatic heterocycles. The molecule has 3 rings (SSSR count). The van der Waals surface area contributed by atoms with Gasteiger partial charge in [0.05, 0.1) is 12.4 Å². The van der Waals surface area contributed by atoms with Crippen LogP contribution >= 0.6 is 11.8 Å². The Morgan fingerprint density at radius 1 is 1.29 bits per heavy atom. The van der Waals surface area contributed by atoms with Gasteiger partial charge in [-0.1, -0.05) is 0 Å². The van der Waals surface area contributed by atoms with Crippen LogP contribution in [-0.2, 0) is 19.5 Å². The molecule has 2 aliphatic rings.